The Morgan fingerprint density at radius 2 is 2.36 bits per heavy atom. The van der Waals surface area contributed by atoms with Crippen molar-refractivity contribution in [2.75, 3.05) is 12.3 Å². The van der Waals surface area contributed by atoms with Crippen LogP contribution in [0, 0.1) is 0 Å². The van der Waals surface area contributed by atoms with Gasteiger partial charge >= 0.3 is 0 Å². The minimum atomic E-state index is 0.0584. The molecular formula is C10H10N2OS. The summed E-state index contributed by atoms with van der Waals surface area (Å²) < 4.78 is 1.07. The first-order valence-corrected chi connectivity index (χ1v) is 5.05. The lowest BCUT2D eigenvalue weighted by Gasteiger charge is -1.91. The van der Waals surface area contributed by atoms with Gasteiger partial charge in [-0.2, -0.15) is 0 Å². The predicted molar refractivity (Wildman–Crippen MR) is 60.2 cm³/mol. The molecule has 1 aromatic carbocycles. The number of fused-ring (bicyclic) bond motifs is 1. The Labute approximate surface area is 85.5 Å². The molecule has 3 nitrogen and oxygen atoms in total. The predicted octanol–water partition coefficient (Wildman–Crippen LogP) is 1.88. The van der Waals surface area contributed by atoms with E-state index < -0.39 is 0 Å². The number of nitrogens with two attached hydrogens (primary N) is 1. The van der Waals surface area contributed by atoms with E-state index in [1.54, 1.807) is 6.08 Å². The lowest BCUT2D eigenvalue weighted by atomic mass is 10.2. The monoisotopic (exact) mass is 206 g/mol. The number of anilines is 1. The van der Waals surface area contributed by atoms with Gasteiger partial charge in [0.2, 0.25) is 0 Å². The van der Waals surface area contributed by atoms with E-state index in [0.717, 1.165) is 15.8 Å². The number of thiazole rings is 1. The molecule has 0 aliphatic heterocycles. The number of nitrogens with zero attached hydrogens (tertiary/aromatic N) is 1. The minimum absolute atomic E-state index is 0.0584. The summed E-state index contributed by atoms with van der Waals surface area (Å²) in [4.78, 5) is 4.16. The highest BCUT2D eigenvalue weighted by atomic mass is 32.1. The lowest BCUT2D eigenvalue weighted by molar-refractivity contribution is 0.343. The van der Waals surface area contributed by atoms with Crippen molar-refractivity contribution in [2.24, 2.45) is 0 Å². The zero-order chi connectivity index (χ0) is 9.97. The fourth-order valence-electron chi connectivity index (χ4n) is 1.25. The van der Waals surface area contributed by atoms with Crippen LogP contribution in [0.4, 0.5) is 5.13 Å². The van der Waals surface area contributed by atoms with Gasteiger partial charge < -0.3 is 10.8 Å². The van der Waals surface area contributed by atoms with Crippen LogP contribution in [0.1, 0.15) is 5.56 Å². The zero-order valence-electron chi connectivity index (χ0n) is 7.47. The zero-order valence-corrected chi connectivity index (χ0v) is 8.29. The molecule has 0 atom stereocenters. The molecule has 0 aliphatic carbocycles. The van der Waals surface area contributed by atoms with Crippen molar-refractivity contribution in [1.82, 2.24) is 4.98 Å². The van der Waals surface area contributed by atoms with Crippen molar-refractivity contribution in [3.63, 3.8) is 0 Å². The van der Waals surface area contributed by atoms with Crippen LogP contribution < -0.4 is 5.73 Å². The Hall–Kier alpha value is -1.39. The highest BCUT2D eigenvalue weighted by Crippen LogP contribution is 2.24. The van der Waals surface area contributed by atoms with Crippen LogP contribution in [-0.4, -0.2) is 16.7 Å². The third kappa shape index (κ3) is 1.76. The molecule has 2 rings (SSSR count). The number of aliphatic hydroxyl groups excluding tert-OH is 1. The van der Waals surface area contributed by atoms with E-state index in [0.29, 0.717) is 5.13 Å². The van der Waals surface area contributed by atoms with E-state index in [-0.39, 0.29) is 6.61 Å². The summed E-state index contributed by atoms with van der Waals surface area (Å²) in [6, 6.07) is 5.89. The van der Waals surface area contributed by atoms with Crippen LogP contribution in [0.15, 0.2) is 24.3 Å². The molecule has 0 radical (unpaired) electrons. The Bertz CT molecular complexity index is 476. The van der Waals surface area contributed by atoms with E-state index in [9.17, 15) is 0 Å². The number of aliphatic hydroxyl groups is 1. The third-order valence-corrected chi connectivity index (χ3v) is 2.69. The van der Waals surface area contributed by atoms with E-state index in [1.165, 1.54) is 11.3 Å². The molecule has 14 heavy (non-hydrogen) atoms. The molecule has 0 fully saturated rings. The first-order valence-electron chi connectivity index (χ1n) is 4.23. The average Bonchev–Trinajstić information content (AvgIpc) is 2.54. The molecule has 2 aromatic rings. The van der Waals surface area contributed by atoms with Gasteiger partial charge in [0.05, 0.1) is 16.8 Å². The molecule has 1 aromatic heterocycles. The van der Waals surface area contributed by atoms with Gasteiger partial charge in [-0.3, -0.25) is 0 Å². The lowest BCUT2D eigenvalue weighted by Crippen LogP contribution is -1.79. The second-order valence-corrected chi connectivity index (χ2v) is 3.93. The summed E-state index contributed by atoms with van der Waals surface area (Å²) in [7, 11) is 0. The largest absolute Gasteiger partial charge is 0.392 e. The Balaban J connectivity index is 2.45. The van der Waals surface area contributed by atoms with E-state index in [2.05, 4.69) is 4.98 Å². The Kier molecular flexibility index (Phi) is 2.47. The maximum atomic E-state index is 8.63. The average molecular weight is 206 g/mol. The van der Waals surface area contributed by atoms with Crippen LogP contribution >= 0.6 is 11.3 Å². The summed E-state index contributed by atoms with van der Waals surface area (Å²) in [5, 5.41) is 9.21. The van der Waals surface area contributed by atoms with Crippen LogP contribution in [0.3, 0.4) is 0 Å². The number of aromatic nitrogens is 1. The number of benzene rings is 1. The summed E-state index contributed by atoms with van der Waals surface area (Å²) in [5.74, 6) is 0. The highest BCUT2D eigenvalue weighted by Gasteiger charge is 1.99. The molecule has 0 saturated carbocycles. The topological polar surface area (TPSA) is 59.1 Å². The standard InChI is InChI=1S/C10H10N2OS/c11-10-12-8-4-3-7(2-1-5-13)6-9(8)14-10/h1-4,6,13H,5H2,(H2,11,12). The molecular weight excluding hydrogens is 196 g/mol. The van der Waals surface area contributed by atoms with Crippen LogP contribution in [0.2, 0.25) is 0 Å². The first-order chi connectivity index (χ1) is 6.79. The summed E-state index contributed by atoms with van der Waals surface area (Å²) in [6.07, 6.45) is 3.57. The van der Waals surface area contributed by atoms with Crippen molar-refractivity contribution in [2.45, 2.75) is 0 Å². The third-order valence-electron chi connectivity index (χ3n) is 1.84. The van der Waals surface area contributed by atoms with Gasteiger partial charge in [-0.05, 0) is 17.7 Å². The normalized spacial score (nSPS) is 11.5. The highest BCUT2D eigenvalue weighted by molar-refractivity contribution is 7.22. The molecule has 1 heterocycles. The number of hydrogen-bond acceptors (Lipinski definition) is 4. The van der Waals surface area contributed by atoms with Gasteiger partial charge in [-0.25, -0.2) is 4.98 Å². The van der Waals surface area contributed by atoms with Gasteiger partial charge in [0.25, 0.3) is 0 Å². The summed E-state index contributed by atoms with van der Waals surface area (Å²) >= 11 is 1.47. The number of hydrogen-bond donors (Lipinski definition) is 2. The molecule has 0 spiro atoms. The molecule has 4 heteroatoms. The van der Waals surface area contributed by atoms with Gasteiger partial charge in [0.1, 0.15) is 0 Å². The smallest absolute Gasteiger partial charge is 0.181 e. The van der Waals surface area contributed by atoms with Gasteiger partial charge in [-0.1, -0.05) is 29.6 Å². The quantitative estimate of drug-likeness (QED) is 0.788. The van der Waals surface area contributed by atoms with Crippen molar-refractivity contribution >= 4 is 32.8 Å². The molecule has 0 unspecified atom stereocenters. The molecule has 0 amide bonds. The molecule has 0 aliphatic rings. The van der Waals surface area contributed by atoms with Gasteiger partial charge in [0.15, 0.2) is 5.13 Å². The number of nitrogen functional groups attached to an aromatic ring is 1. The van der Waals surface area contributed by atoms with Crippen molar-refractivity contribution in [3.8, 4) is 0 Å². The molecule has 3 N–H and O–H groups in total. The Morgan fingerprint density at radius 1 is 1.50 bits per heavy atom. The second kappa shape index (κ2) is 3.77. The molecule has 72 valence electrons. The fraction of sp³-hybridized carbons (Fsp3) is 0.100. The van der Waals surface area contributed by atoms with E-state index in [4.69, 9.17) is 10.8 Å². The maximum Gasteiger partial charge on any atom is 0.181 e. The van der Waals surface area contributed by atoms with Gasteiger partial charge in [0, 0.05) is 0 Å². The van der Waals surface area contributed by atoms with Crippen LogP contribution in [0.5, 0.6) is 0 Å². The number of rotatable bonds is 2. The van der Waals surface area contributed by atoms with Crippen LogP contribution in [-0.2, 0) is 0 Å². The maximum absolute atomic E-state index is 8.63. The summed E-state index contributed by atoms with van der Waals surface area (Å²) in [6.45, 7) is 0.0584. The van der Waals surface area contributed by atoms with E-state index in [1.807, 2.05) is 24.3 Å². The molecule has 0 saturated heterocycles. The first kappa shape index (κ1) is 9.18. The van der Waals surface area contributed by atoms with Crippen molar-refractivity contribution in [1.29, 1.82) is 0 Å². The van der Waals surface area contributed by atoms with E-state index >= 15 is 0 Å². The Morgan fingerprint density at radius 3 is 3.14 bits per heavy atom. The second-order valence-electron chi connectivity index (χ2n) is 2.86. The fourth-order valence-corrected chi connectivity index (χ4v) is 2.03. The van der Waals surface area contributed by atoms with Crippen molar-refractivity contribution < 1.29 is 5.11 Å². The molecule has 0 bridgehead atoms. The summed E-state index contributed by atoms with van der Waals surface area (Å²) in [5.41, 5.74) is 7.57. The van der Waals surface area contributed by atoms with Crippen molar-refractivity contribution in [3.05, 3.63) is 29.8 Å². The van der Waals surface area contributed by atoms with Gasteiger partial charge in [-0.15, -0.1) is 0 Å². The SMILES string of the molecule is Nc1nc2ccc(C=CCO)cc2s1. The van der Waals surface area contributed by atoms with Crippen LogP contribution in [0.25, 0.3) is 16.3 Å². The minimum Gasteiger partial charge on any atom is -0.392 e.